The lowest BCUT2D eigenvalue weighted by Gasteiger charge is -2.23. The number of aryl methyl sites for hydroxylation is 1. The summed E-state index contributed by atoms with van der Waals surface area (Å²) in [6, 6.07) is 11.1. The Kier molecular flexibility index (Phi) is 4.24. The highest BCUT2D eigenvalue weighted by molar-refractivity contribution is 5.98. The number of pyridine rings is 1. The van der Waals surface area contributed by atoms with Gasteiger partial charge in [-0.3, -0.25) is 4.90 Å². The van der Waals surface area contributed by atoms with E-state index < -0.39 is 0 Å². The van der Waals surface area contributed by atoms with E-state index in [1.807, 2.05) is 31.2 Å². The molecule has 0 bridgehead atoms. The van der Waals surface area contributed by atoms with Gasteiger partial charge in [-0.25, -0.2) is 9.37 Å². The number of benzene rings is 2. The Labute approximate surface area is 152 Å². The average Bonchev–Trinajstić information content (AvgIpc) is 3.00. The Morgan fingerprint density at radius 2 is 2.12 bits per heavy atom. The Balaban J connectivity index is 1.89. The van der Waals surface area contributed by atoms with E-state index in [0.29, 0.717) is 11.4 Å². The molecular formula is C21H23FN4. The third kappa shape index (κ3) is 2.99. The van der Waals surface area contributed by atoms with Crippen molar-refractivity contribution in [2.75, 3.05) is 24.6 Å². The van der Waals surface area contributed by atoms with E-state index in [2.05, 4.69) is 22.2 Å². The van der Waals surface area contributed by atoms with Gasteiger partial charge in [-0.2, -0.15) is 0 Å². The van der Waals surface area contributed by atoms with Crippen LogP contribution < -0.4 is 11.1 Å². The van der Waals surface area contributed by atoms with Gasteiger partial charge in [0.1, 0.15) is 11.6 Å². The van der Waals surface area contributed by atoms with Crippen molar-refractivity contribution >= 4 is 22.3 Å². The maximum atomic E-state index is 14.5. The van der Waals surface area contributed by atoms with Crippen molar-refractivity contribution in [3.8, 4) is 11.1 Å². The molecule has 0 spiro atoms. The summed E-state index contributed by atoms with van der Waals surface area (Å²) in [6.07, 6.45) is 4.28. The number of nitrogens with two attached hydrogens (primary N) is 1. The first-order chi connectivity index (χ1) is 12.5. The monoisotopic (exact) mass is 350 g/mol. The molecule has 0 unspecified atom stereocenters. The number of hydrogen-bond acceptors (Lipinski definition) is 4. The van der Waals surface area contributed by atoms with E-state index in [-0.39, 0.29) is 12.0 Å². The first kappa shape index (κ1) is 16.8. The summed E-state index contributed by atoms with van der Waals surface area (Å²) in [4.78, 5) is 6.52. The summed E-state index contributed by atoms with van der Waals surface area (Å²) in [5.41, 5.74) is 9.28. The van der Waals surface area contributed by atoms with Crippen molar-refractivity contribution in [1.29, 1.82) is 0 Å². The molecule has 134 valence electrons. The van der Waals surface area contributed by atoms with Crippen molar-refractivity contribution in [3.63, 3.8) is 0 Å². The number of aromatic nitrogens is 1. The zero-order valence-corrected chi connectivity index (χ0v) is 15.1. The Bertz CT molecular complexity index is 949. The van der Waals surface area contributed by atoms with Gasteiger partial charge < -0.3 is 11.1 Å². The van der Waals surface area contributed by atoms with Gasteiger partial charge in [-0.1, -0.05) is 12.1 Å². The van der Waals surface area contributed by atoms with Crippen molar-refractivity contribution in [2.24, 2.45) is 0 Å². The molecule has 1 fully saturated rings. The standard InChI is InChI=1S/C21H23FN4/c1-13-5-3-6-17(22)21(13)14-9-15-12-24-19(23)11-16(15)18(10-14)25-20-7-4-8-26(20)2/h3,5-6,9-12,20,25H,4,7-8H2,1-2H3,(H2,23,24)/t20-/m0/s1. The van der Waals surface area contributed by atoms with Crippen LogP contribution in [0.2, 0.25) is 0 Å². The van der Waals surface area contributed by atoms with E-state index in [4.69, 9.17) is 5.73 Å². The Morgan fingerprint density at radius 3 is 2.85 bits per heavy atom. The number of rotatable bonds is 3. The average molecular weight is 350 g/mol. The molecule has 0 amide bonds. The second-order valence-corrected chi connectivity index (χ2v) is 7.07. The van der Waals surface area contributed by atoms with E-state index in [9.17, 15) is 4.39 Å². The van der Waals surface area contributed by atoms with Crippen molar-refractivity contribution < 1.29 is 4.39 Å². The molecule has 1 aliphatic rings. The van der Waals surface area contributed by atoms with Crippen LogP contribution in [0.5, 0.6) is 0 Å². The van der Waals surface area contributed by atoms with Crippen LogP contribution >= 0.6 is 0 Å². The zero-order valence-electron chi connectivity index (χ0n) is 15.1. The molecule has 0 radical (unpaired) electrons. The van der Waals surface area contributed by atoms with E-state index >= 15 is 0 Å². The zero-order chi connectivity index (χ0) is 18.3. The summed E-state index contributed by atoms with van der Waals surface area (Å²) in [7, 11) is 2.12. The Morgan fingerprint density at radius 1 is 1.27 bits per heavy atom. The van der Waals surface area contributed by atoms with Crippen molar-refractivity contribution in [2.45, 2.75) is 25.9 Å². The topological polar surface area (TPSA) is 54.2 Å². The maximum absolute atomic E-state index is 14.5. The molecule has 4 rings (SSSR count). The van der Waals surface area contributed by atoms with E-state index in [0.717, 1.165) is 40.6 Å². The van der Waals surface area contributed by atoms with Gasteiger partial charge in [0.2, 0.25) is 0 Å². The predicted molar refractivity (Wildman–Crippen MR) is 106 cm³/mol. The summed E-state index contributed by atoms with van der Waals surface area (Å²) < 4.78 is 14.5. The molecule has 1 saturated heterocycles. The molecule has 2 heterocycles. The number of nitrogens with one attached hydrogen (secondary N) is 1. The van der Waals surface area contributed by atoms with Gasteiger partial charge in [0.05, 0.1) is 6.17 Å². The molecule has 0 aliphatic carbocycles. The molecule has 3 N–H and O–H groups in total. The molecule has 1 aromatic heterocycles. The number of nitrogens with zero attached hydrogens (tertiary/aromatic N) is 2. The van der Waals surface area contributed by atoms with Crippen LogP contribution in [0.3, 0.4) is 0 Å². The molecular weight excluding hydrogens is 327 g/mol. The van der Waals surface area contributed by atoms with Crippen molar-refractivity contribution in [3.05, 3.63) is 54.0 Å². The van der Waals surface area contributed by atoms with Gasteiger partial charge in [0, 0.05) is 28.2 Å². The van der Waals surface area contributed by atoms with Crippen LogP contribution in [-0.2, 0) is 0 Å². The van der Waals surface area contributed by atoms with Gasteiger partial charge in [0.25, 0.3) is 0 Å². The van der Waals surface area contributed by atoms with E-state index in [1.54, 1.807) is 12.3 Å². The largest absolute Gasteiger partial charge is 0.384 e. The highest BCUT2D eigenvalue weighted by Gasteiger charge is 2.22. The lowest BCUT2D eigenvalue weighted by Crippen LogP contribution is -2.32. The lowest BCUT2D eigenvalue weighted by atomic mass is 9.96. The van der Waals surface area contributed by atoms with Crippen LogP contribution in [0.4, 0.5) is 15.9 Å². The number of anilines is 2. The number of hydrogen-bond donors (Lipinski definition) is 2. The second-order valence-electron chi connectivity index (χ2n) is 7.07. The van der Waals surface area contributed by atoms with E-state index in [1.165, 1.54) is 12.5 Å². The fourth-order valence-electron chi connectivity index (χ4n) is 3.81. The summed E-state index contributed by atoms with van der Waals surface area (Å²) >= 11 is 0. The molecule has 26 heavy (non-hydrogen) atoms. The molecule has 1 atom stereocenters. The number of halogens is 1. The fourth-order valence-corrected chi connectivity index (χ4v) is 3.81. The van der Waals surface area contributed by atoms with Gasteiger partial charge in [0.15, 0.2) is 0 Å². The van der Waals surface area contributed by atoms with Crippen LogP contribution in [0.1, 0.15) is 18.4 Å². The summed E-state index contributed by atoms with van der Waals surface area (Å²) in [5, 5.41) is 5.59. The second kappa shape index (κ2) is 6.57. The minimum Gasteiger partial charge on any atom is -0.384 e. The number of nitrogen functional groups attached to an aromatic ring is 1. The highest BCUT2D eigenvalue weighted by atomic mass is 19.1. The summed E-state index contributed by atoms with van der Waals surface area (Å²) in [6.45, 7) is 3.01. The number of fused-ring (bicyclic) bond motifs is 1. The molecule has 0 saturated carbocycles. The molecule has 1 aliphatic heterocycles. The minimum atomic E-state index is -0.211. The lowest BCUT2D eigenvalue weighted by molar-refractivity contribution is 0.339. The SMILES string of the molecule is Cc1cccc(F)c1-c1cc(N[C@@H]2CCCN2C)c2cc(N)ncc2c1. The van der Waals surface area contributed by atoms with Crippen LogP contribution in [0.25, 0.3) is 21.9 Å². The smallest absolute Gasteiger partial charge is 0.131 e. The fraction of sp³-hybridized carbons (Fsp3) is 0.286. The highest BCUT2D eigenvalue weighted by Crippen LogP contribution is 2.35. The van der Waals surface area contributed by atoms with Gasteiger partial charge >= 0.3 is 0 Å². The third-order valence-corrected chi connectivity index (χ3v) is 5.21. The molecule has 4 nitrogen and oxygen atoms in total. The predicted octanol–water partition coefficient (Wildman–Crippen LogP) is 4.40. The molecule has 3 aromatic rings. The Hall–Kier alpha value is -2.66. The van der Waals surface area contributed by atoms with Crippen LogP contribution in [0.15, 0.2) is 42.6 Å². The quantitative estimate of drug-likeness (QED) is 0.735. The first-order valence-corrected chi connectivity index (χ1v) is 8.94. The molecule has 2 aromatic carbocycles. The van der Waals surface area contributed by atoms with Gasteiger partial charge in [-0.15, -0.1) is 0 Å². The summed E-state index contributed by atoms with van der Waals surface area (Å²) in [5.74, 6) is 0.270. The maximum Gasteiger partial charge on any atom is 0.131 e. The molecule has 5 heteroatoms. The number of likely N-dealkylation sites (tertiary alicyclic amines) is 1. The first-order valence-electron chi connectivity index (χ1n) is 8.94. The minimum absolute atomic E-state index is 0.211. The van der Waals surface area contributed by atoms with Gasteiger partial charge in [-0.05, 0) is 68.8 Å². The normalized spacial score (nSPS) is 17.7. The van der Waals surface area contributed by atoms with Crippen LogP contribution in [-0.4, -0.2) is 29.6 Å². The van der Waals surface area contributed by atoms with Crippen molar-refractivity contribution in [1.82, 2.24) is 9.88 Å². The third-order valence-electron chi connectivity index (χ3n) is 5.21. The van der Waals surface area contributed by atoms with Crippen LogP contribution in [0, 0.1) is 12.7 Å².